The summed E-state index contributed by atoms with van der Waals surface area (Å²) in [6.45, 7) is 3.94. The lowest BCUT2D eigenvalue weighted by Crippen LogP contribution is -2.54. The first-order valence-corrected chi connectivity index (χ1v) is 11.9. The number of anilines is 1. The van der Waals surface area contributed by atoms with Crippen LogP contribution in [0.5, 0.6) is 11.5 Å². The smallest absolute Gasteiger partial charge is 0.335 e. The Bertz CT molecular complexity index is 1460. The van der Waals surface area contributed by atoms with Gasteiger partial charge in [0.1, 0.15) is 12.2 Å². The van der Waals surface area contributed by atoms with Crippen LogP contribution in [0.1, 0.15) is 34.0 Å². The molecule has 0 spiro atoms. The average Bonchev–Trinajstić information content (AvgIpc) is 2.87. The number of amides is 4. The number of aryl methyl sites for hydroxylation is 1. The van der Waals surface area contributed by atoms with Crippen molar-refractivity contribution in [3.8, 4) is 11.5 Å². The predicted octanol–water partition coefficient (Wildman–Crippen LogP) is 4.99. The molecule has 3 aromatic carbocycles. The lowest BCUT2D eigenvalue weighted by atomic mass is 10.1. The molecule has 0 unspecified atom stereocenters. The molecular formula is C28H23ClN2O7. The molecule has 2 N–H and O–H groups in total. The Morgan fingerprint density at radius 3 is 2.47 bits per heavy atom. The van der Waals surface area contributed by atoms with Crippen molar-refractivity contribution in [2.45, 2.75) is 20.5 Å². The number of hydrogen-bond donors (Lipinski definition) is 2. The molecule has 9 nitrogen and oxygen atoms in total. The van der Waals surface area contributed by atoms with Crippen molar-refractivity contribution in [3.05, 3.63) is 93.5 Å². The fraction of sp³-hybridized carbons (Fsp3) is 0.143. The quantitative estimate of drug-likeness (QED) is 0.308. The fourth-order valence-corrected chi connectivity index (χ4v) is 4.05. The van der Waals surface area contributed by atoms with E-state index in [1.807, 2.05) is 6.92 Å². The Hall–Kier alpha value is -4.63. The van der Waals surface area contributed by atoms with Crippen LogP contribution in [0.4, 0.5) is 10.5 Å². The largest absolute Gasteiger partial charge is 0.490 e. The minimum absolute atomic E-state index is 0.0237. The van der Waals surface area contributed by atoms with Gasteiger partial charge in [-0.2, -0.15) is 0 Å². The van der Waals surface area contributed by atoms with Gasteiger partial charge in [0, 0.05) is 0 Å². The summed E-state index contributed by atoms with van der Waals surface area (Å²) in [6.07, 6.45) is 1.32. The number of barbiturate groups is 1. The molecule has 0 bridgehead atoms. The number of carbonyl (C=O) groups is 4. The highest BCUT2D eigenvalue weighted by Gasteiger charge is 2.36. The molecule has 38 heavy (non-hydrogen) atoms. The highest BCUT2D eigenvalue weighted by atomic mass is 35.5. The zero-order valence-electron chi connectivity index (χ0n) is 20.5. The number of nitrogens with one attached hydrogen (secondary N) is 1. The van der Waals surface area contributed by atoms with Crippen LogP contribution in [-0.4, -0.2) is 35.5 Å². The summed E-state index contributed by atoms with van der Waals surface area (Å²) in [4.78, 5) is 50.3. The van der Waals surface area contributed by atoms with Crippen LogP contribution in [0.25, 0.3) is 6.08 Å². The van der Waals surface area contributed by atoms with Gasteiger partial charge in [-0.15, -0.1) is 0 Å². The van der Waals surface area contributed by atoms with Crippen LogP contribution < -0.4 is 19.7 Å². The number of carbonyl (C=O) groups excluding carboxylic acids is 3. The minimum atomic E-state index is -1.05. The number of nitrogens with zero attached hydrogens (tertiary/aromatic N) is 1. The number of carboxylic acid groups (broad SMARTS) is 1. The van der Waals surface area contributed by atoms with Crippen LogP contribution in [0, 0.1) is 6.92 Å². The van der Waals surface area contributed by atoms with E-state index in [2.05, 4.69) is 5.32 Å². The summed E-state index contributed by atoms with van der Waals surface area (Å²) >= 11 is 6.49. The molecule has 10 heteroatoms. The van der Waals surface area contributed by atoms with Gasteiger partial charge in [0.05, 0.1) is 22.9 Å². The van der Waals surface area contributed by atoms with E-state index in [9.17, 15) is 24.3 Å². The third-order valence-electron chi connectivity index (χ3n) is 5.59. The molecular weight excluding hydrogens is 512 g/mol. The van der Waals surface area contributed by atoms with E-state index in [-0.39, 0.29) is 40.9 Å². The summed E-state index contributed by atoms with van der Waals surface area (Å²) in [5.74, 6) is -2.20. The molecule has 4 amide bonds. The molecule has 0 radical (unpaired) electrons. The molecule has 1 aliphatic heterocycles. The van der Waals surface area contributed by atoms with E-state index in [1.165, 1.54) is 24.3 Å². The van der Waals surface area contributed by atoms with Gasteiger partial charge in [-0.05, 0) is 67.4 Å². The predicted molar refractivity (Wildman–Crippen MR) is 141 cm³/mol. The van der Waals surface area contributed by atoms with Gasteiger partial charge in [0.25, 0.3) is 11.8 Å². The van der Waals surface area contributed by atoms with E-state index >= 15 is 0 Å². The number of ether oxygens (including phenoxy) is 2. The summed E-state index contributed by atoms with van der Waals surface area (Å²) in [6, 6.07) is 15.2. The first-order chi connectivity index (χ1) is 18.2. The average molecular weight is 535 g/mol. The normalized spacial score (nSPS) is 14.4. The monoisotopic (exact) mass is 534 g/mol. The van der Waals surface area contributed by atoms with Crippen LogP contribution in [0.2, 0.25) is 5.02 Å². The second-order valence-corrected chi connectivity index (χ2v) is 8.76. The molecule has 0 aliphatic carbocycles. The van der Waals surface area contributed by atoms with Crippen molar-refractivity contribution < 1.29 is 33.8 Å². The molecule has 3 aromatic rings. The third-order valence-corrected chi connectivity index (χ3v) is 5.87. The molecule has 1 fully saturated rings. The Labute approximate surface area is 223 Å². The minimum Gasteiger partial charge on any atom is -0.490 e. The van der Waals surface area contributed by atoms with Crippen molar-refractivity contribution in [2.75, 3.05) is 11.5 Å². The van der Waals surface area contributed by atoms with Crippen molar-refractivity contribution in [3.63, 3.8) is 0 Å². The summed E-state index contributed by atoms with van der Waals surface area (Å²) in [5.41, 5.74) is 2.11. The van der Waals surface area contributed by atoms with Gasteiger partial charge in [0.2, 0.25) is 0 Å². The van der Waals surface area contributed by atoms with Crippen molar-refractivity contribution in [1.82, 2.24) is 5.32 Å². The summed E-state index contributed by atoms with van der Waals surface area (Å²) in [5, 5.41) is 11.5. The Balaban J connectivity index is 1.64. The second kappa shape index (κ2) is 11.2. The van der Waals surface area contributed by atoms with Gasteiger partial charge >= 0.3 is 12.0 Å². The number of rotatable bonds is 8. The van der Waals surface area contributed by atoms with Crippen LogP contribution in [0.3, 0.4) is 0 Å². The molecule has 1 saturated heterocycles. The van der Waals surface area contributed by atoms with E-state index in [0.29, 0.717) is 16.8 Å². The number of halogens is 1. The van der Waals surface area contributed by atoms with E-state index < -0.39 is 23.8 Å². The standard InChI is InChI=1S/C28H23ClN2O7/c1-3-37-23-14-18(13-22(29)24(23)38-15-17-5-4-6-19(11-17)27(34)35)12-21-25(32)30-28(36)31(26(21)33)20-9-7-16(2)8-10-20/h4-14H,3,15H2,1-2H3,(H,34,35)(H,30,32,36). The maximum atomic E-state index is 13.2. The zero-order valence-corrected chi connectivity index (χ0v) is 21.2. The van der Waals surface area contributed by atoms with Crippen molar-refractivity contribution >= 4 is 47.2 Å². The van der Waals surface area contributed by atoms with Gasteiger partial charge in [-0.3, -0.25) is 14.9 Å². The maximum absolute atomic E-state index is 13.2. The number of urea groups is 1. The van der Waals surface area contributed by atoms with E-state index in [4.69, 9.17) is 21.1 Å². The molecule has 194 valence electrons. The van der Waals surface area contributed by atoms with Crippen molar-refractivity contribution in [2.24, 2.45) is 0 Å². The summed E-state index contributed by atoms with van der Waals surface area (Å²) < 4.78 is 11.5. The van der Waals surface area contributed by atoms with Gasteiger partial charge in [-0.25, -0.2) is 14.5 Å². The van der Waals surface area contributed by atoms with E-state index in [1.54, 1.807) is 49.4 Å². The second-order valence-electron chi connectivity index (χ2n) is 8.35. The van der Waals surface area contributed by atoms with Crippen LogP contribution in [0.15, 0.2) is 66.2 Å². The summed E-state index contributed by atoms with van der Waals surface area (Å²) in [7, 11) is 0. The maximum Gasteiger partial charge on any atom is 0.335 e. The first kappa shape index (κ1) is 26.4. The molecule has 1 aliphatic rings. The number of imide groups is 2. The molecule has 0 atom stereocenters. The van der Waals surface area contributed by atoms with Crippen LogP contribution >= 0.6 is 11.6 Å². The first-order valence-electron chi connectivity index (χ1n) is 11.6. The number of carboxylic acids is 1. The van der Waals surface area contributed by atoms with Gasteiger partial charge < -0.3 is 14.6 Å². The molecule has 4 rings (SSSR count). The third kappa shape index (κ3) is 5.68. The lowest BCUT2D eigenvalue weighted by molar-refractivity contribution is -0.122. The number of benzene rings is 3. The molecule has 0 aromatic heterocycles. The highest BCUT2D eigenvalue weighted by Crippen LogP contribution is 2.38. The topological polar surface area (TPSA) is 122 Å². The molecule has 0 saturated carbocycles. The van der Waals surface area contributed by atoms with Gasteiger partial charge in [0.15, 0.2) is 11.5 Å². The van der Waals surface area contributed by atoms with Gasteiger partial charge in [-0.1, -0.05) is 41.4 Å². The van der Waals surface area contributed by atoms with E-state index in [0.717, 1.165) is 10.5 Å². The number of aromatic carboxylic acids is 1. The zero-order chi connectivity index (χ0) is 27.4. The van der Waals surface area contributed by atoms with Crippen molar-refractivity contribution in [1.29, 1.82) is 0 Å². The highest BCUT2D eigenvalue weighted by molar-refractivity contribution is 6.39. The molecule has 1 heterocycles. The van der Waals surface area contributed by atoms with Crippen LogP contribution in [-0.2, 0) is 16.2 Å². The Morgan fingerprint density at radius 1 is 1.05 bits per heavy atom. The lowest BCUT2D eigenvalue weighted by Gasteiger charge is -2.26. The SMILES string of the molecule is CCOc1cc(C=C2C(=O)NC(=O)N(c3ccc(C)cc3)C2=O)cc(Cl)c1OCc1cccc(C(=O)O)c1. The fourth-order valence-electron chi connectivity index (χ4n) is 3.78. The Morgan fingerprint density at radius 2 is 1.79 bits per heavy atom. The Kier molecular flexibility index (Phi) is 7.78. The number of hydrogen-bond acceptors (Lipinski definition) is 6.